The third-order valence-electron chi connectivity index (χ3n) is 5.88. The number of anilines is 1. The molecule has 1 amide bonds. The van der Waals surface area contributed by atoms with Gasteiger partial charge in [-0.2, -0.15) is 5.26 Å². The fourth-order valence-corrected chi connectivity index (χ4v) is 4.14. The maximum atomic E-state index is 12.5. The van der Waals surface area contributed by atoms with E-state index in [9.17, 15) is 10.1 Å². The van der Waals surface area contributed by atoms with Gasteiger partial charge in [-0.3, -0.25) is 4.79 Å². The normalized spacial score (nSPS) is 17.8. The molecule has 0 bridgehead atoms. The summed E-state index contributed by atoms with van der Waals surface area (Å²) in [5.41, 5.74) is 2.29. The van der Waals surface area contributed by atoms with Crippen LogP contribution in [-0.2, 0) is 9.53 Å². The number of benzene rings is 1. The molecule has 2 aliphatic rings. The van der Waals surface area contributed by atoms with Gasteiger partial charge >= 0.3 is 0 Å². The van der Waals surface area contributed by atoms with Gasteiger partial charge in [0, 0.05) is 25.0 Å². The second-order valence-electron chi connectivity index (χ2n) is 8.01. The fourth-order valence-electron chi connectivity index (χ4n) is 4.14. The van der Waals surface area contributed by atoms with Gasteiger partial charge in [0.2, 0.25) is 5.91 Å². The van der Waals surface area contributed by atoms with E-state index >= 15 is 0 Å². The molecule has 0 unspecified atom stereocenters. The standard InChI is InChI=1S/C24H27N3O3/c25-16-20-14-18(6-7-22(20)30-21-9-12-29-13-10-21)19-8-11-26-23(15-19)27-24(28)17-4-2-1-3-5-17/h6-8,11,14-15,17,21H,1-5,9-10,12-13H2,(H,26,27,28). The van der Waals surface area contributed by atoms with E-state index in [0.29, 0.717) is 30.3 Å². The van der Waals surface area contributed by atoms with Crippen LogP contribution in [0.2, 0.25) is 0 Å². The molecule has 0 spiro atoms. The highest BCUT2D eigenvalue weighted by atomic mass is 16.5. The lowest BCUT2D eigenvalue weighted by atomic mass is 9.89. The van der Waals surface area contributed by atoms with Gasteiger partial charge in [0.25, 0.3) is 0 Å². The molecule has 1 saturated heterocycles. The quantitative estimate of drug-likeness (QED) is 0.780. The first-order chi connectivity index (χ1) is 14.7. The highest BCUT2D eigenvalue weighted by molar-refractivity contribution is 5.92. The molecule has 1 saturated carbocycles. The Balaban J connectivity index is 1.48. The lowest BCUT2D eigenvalue weighted by Crippen LogP contribution is -2.26. The van der Waals surface area contributed by atoms with Crippen LogP contribution in [-0.4, -0.2) is 30.2 Å². The van der Waals surface area contributed by atoms with Crippen LogP contribution in [0.1, 0.15) is 50.5 Å². The monoisotopic (exact) mass is 405 g/mol. The van der Waals surface area contributed by atoms with Gasteiger partial charge in [-0.05, 0) is 48.2 Å². The SMILES string of the molecule is N#Cc1cc(-c2ccnc(NC(=O)C3CCCCC3)c2)ccc1OC1CCOCC1. The first-order valence-electron chi connectivity index (χ1n) is 10.8. The molecule has 6 heteroatoms. The highest BCUT2D eigenvalue weighted by Crippen LogP contribution is 2.30. The Labute approximate surface area is 177 Å². The van der Waals surface area contributed by atoms with E-state index in [1.54, 1.807) is 6.20 Å². The van der Waals surface area contributed by atoms with Gasteiger partial charge in [0.05, 0.1) is 18.8 Å². The van der Waals surface area contributed by atoms with Crippen LogP contribution < -0.4 is 10.1 Å². The maximum absolute atomic E-state index is 12.5. The number of nitriles is 1. The molecule has 4 rings (SSSR count). The number of hydrogen-bond acceptors (Lipinski definition) is 5. The van der Waals surface area contributed by atoms with E-state index in [4.69, 9.17) is 9.47 Å². The van der Waals surface area contributed by atoms with Crippen molar-refractivity contribution < 1.29 is 14.3 Å². The average molecular weight is 405 g/mol. The Hall–Kier alpha value is -2.91. The second kappa shape index (κ2) is 9.73. The summed E-state index contributed by atoms with van der Waals surface area (Å²) in [7, 11) is 0. The number of aromatic nitrogens is 1. The van der Waals surface area contributed by atoms with Crippen molar-refractivity contribution in [2.24, 2.45) is 5.92 Å². The minimum absolute atomic E-state index is 0.0530. The van der Waals surface area contributed by atoms with Gasteiger partial charge in [-0.1, -0.05) is 25.3 Å². The summed E-state index contributed by atoms with van der Waals surface area (Å²) < 4.78 is 11.4. The molecular formula is C24H27N3O3. The molecule has 156 valence electrons. The summed E-state index contributed by atoms with van der Waals surface area (Å²) in [5, 5.41) is 12.6. The smallest absolute Gasteiger partial charge is 0.228 e. The predicted octanol–water partition coefficient (Wildman–Crippen LogP) is 4.70. The van der Waals surface area contributed by atoms with Crippen LogP contribution in [0.3, 0.4) is 0 Å². The van der Waals surface area contributed by atoms with E-state index in [1.165, 1.54) is 6.42 Å². The summed E-state index contributed by atoms with van der Waals surface area (Å²) >= 11 is 0. The Morgan fingerprint density at radius 3 is 2.60 bits per heavy atom. The lowest BCUT2D eigenvalue weighted by Gasteiger charge is -2.24. The molecule has 2 heterocycles. The highest BCUT2D eigenvalue weighted by Gasteiger charge is 2.21. The summed E-state index contributed by atoms with van der Waals surface area (Å²) in [5.74, 6) is 1.28. The molecule has 30 heavy (non-hydrogen) atoms. The second-order valence-corrected chi connectivity index (χ2v) is 8.01. The number of carbonyl (C=O) groups excluding carboxylic acids is 1. The lowest BCUT2D eigenvalue weighted by molar-refractivity contribution is -0.120. The van der Waals surface area contributed by atoms with Gasteiger partial charge in [0.15, 0.2) is 0 Å². The zero-order valence-electron chi connectivity index (χ0n) is 17.1. The fraction of sp³-hybridized carbons (Fsp3) is 0.458. The van der Waals surface area contributed by atoms with Crippen molar-refractivity contribution >= 4 is 11.7 Å². The van der Waals surface area contributed by atoms with Crippen molar-refractivity contribution in [3.8, 4) is 22.9 Å². The van der Waals surface area contributed by atoms with Gasteiger partial charge in [-0.15, -0.1) is 0 Å². The van der Waals surface area contributed by atoms with E-state index in [-0.39, 0.29) is 17.9 Å². The minimum Gasteiger partial charge on any atom is -0.489 e. The van der Waals surface area contributed by atoms with E-state index in [2.05, 4.69) is 16.4 Å². The minimum atomic E-state index is 0.0530. The zero-order chi connectivity index (χ0) is 20.8. The number of carbonyl (C=O) groups is 1. The summed E-state index contributed by atoms with van der Waals surface area (Å²) in [6.07, 6.45) is 8.78. The number of pyridine rings is 1. The first-order valence-corrected chi connectivity index (χ1v) is 10.8. The first kappa shape index (κ1) is 20.4. The van der Waals surface area contributed by atoms with E-state index in [1.807, 2.05) is 30.3 Å². The predicted molar refractivity (Wildman–Crippen MR) is 114 cm³/mol. The molecule has 1 aliphatic heterocycles. The van der Waals surface area contributed by atoms with Crippen molar-refractivity contribution in [1.82, 2.24) is 4.98 Å². The Kier molecular flexibility index (Phi) is 6.60. The maximum Gasteiger partial charge on any atom is 0.228 e. The van der Waals surface area contributed by atoms with Crippen LogP contribution in [0.4, 0.5) is 5.82 Å². The summed E-state index contributed by atoms with van der Waals surface area (Å²) in [6.45, 7) is 1.38. The van der Waals surface area contributed by atoms with Crippen molar-refractivity contribution in [2.75, 3.05) is 18.5 Å². The molecule has 1 aliphatic carbocycles. The van der Waals surface area contributed by atoms with E-state index < -0.39 is 0 Å². The van der Waals surface area contributed by atoms with Crippen molar-refractivity contribution in [3.63, 3.8) is 0 Å². The zero-order valence-corrected chi connectivity index (χ0v) is 17.1. The molecule has 1 aromatic carbocycles. The number of ether oxygens (including phenoxy) is 2. The van der Waals surface area contributed by atoms with Gasteiger partial charge < -0.3 is 14.8 Å². The van der Waals surface area contributed by atoms with Crippen LogP contribution >= 0.6 is 0 Å². The van der Waals surface area contributed by atoms with Crippen molar-refractivity contribution in [1.29, 1.82) is 5.26 Å². The number of nitrogens with one attached hydrogen (secondary N) is 1. The molecule has 6 nitrogen and oxygen atoms in total. The van der Waals surface area contributed by atoms with Crippen molar-refractivity contribution in [2.45, 2.75) is 51.0 Å². The van der Waals surface area contributed by atoms with Crippen LogP contribution in [0, 0.1) is 17.2 Å². The third kappa shape index (κ3) is 4.98. The topological polar surface area (TPSA) is 84.2 Å². The largest absolute Gasteiger partial charge is 0.489 e. The van der Waals surface area contributed by atoms with Crippen molar-refractivity contribution in [3.05, 3.63) is 42.1 Å². The molecule has 2 aromatic rings. The third-order valence-corrected chi connectivity index (χ3v) is 5.88. The Bertz CT molecular complexity index is 926. The van der Waals surface area contributed by atoms with Gasteiger partial charge in [0.1, 0.15) is 23.7 Å². The Morgan fingerprint density at radius 2 is 1.83 bits per heavy atom. The number of hydrogen-bond donors (Lipinski definition) is 1. The molecule has 1 N–H and O–H groups in total. The van der Waals surface area contributed by atoms with Crippen LogP contribution in [0.15, 0.2) is 36.5 Å². The molecule has 0 atom stereocenters. The van der Waals surface area contributed by atoms with Crippen LogP contribution in [0.25, 0.3) is 11.1 Å². The number of rotatable bonds is 5. The van der Waals surface area contributed by atoms with E-state index in [0.717, 1.165) is 49.7 Å². The summed E-state index contributed by atoms with van der Waals surface area (Å²) in [6, 6.07) is 11.6. The van der Waals surface area contributed by atoms with Gasteiger partial charge in [-0.25, -0.2) is 4.98 Å². The molecular weight excluding hydrogens is 378 g/mol. The number of amides is 1. The average Bonchev–Trinajstić information content (AvgIpc) is 2.81. The number of nitrogens with zero attached hydrogens (tertiary/aromatic N) is 2. The van der Waals surface area contributed by atoms with Crippen LogP contribution in [0.5, 0.6) is 5.75 Å². The molecule has 2 fully saturated rings. The Morgan fingerprint density at radius 1 is 1.07 bits per heavy atom. The molecule has 0 radical (unpaired) electrons. The molecule has 1 aromatic heterocycles. The summed E-state index contributed by atoms with van der Waals surface area (Å²) in [4.78, 5) is 16.8.